The summed E-state index contributed by atoms with van der Waals surface area (Å²) in [5, 5.41) is 9.04. The van der Waals surface area contributed by atoms with Crippen LogP contribution in [-0.2, 0) is 0 Å². The molecule has 1 nitrogen and oxygen atoms in total. The van der Waals surface area contributed by atoms with Crippen LogP contribution in [0.2, 0.25) is 21.1 Å². The maximum atomic E-state index is 13.4. The smallest absolute Gasteiger partial charge is 0.200 e. The van der Waals surface area contributed by atoms with E-state index < -0.39 is 59.1 Å². The Morgan fingerprint density at radius 2 is 0.714 bits per heavy atom. The molecule has 8 heteroatoms. The lowest BCUT2D eigenvalue weighted by Gasteiger charge is -2.44. The predicted molar refractivity (Wildman–Crippen MR) is 233 cm³/mol. The summed E-state index contributed by atoms with van der Waals surface area (Å²) in [5.74, 6) is -6.02. The molecule has 0 aliphatic rings. The van der Waals surface area contributed by atoms with Gasteiger partial charge >= 0.3 is 0 Å². The van der Waals surface area contributed by atoms with Crippen molar-refractivity contribution in [1.29, 1.82) is 0 Å². The maximum absolute atomic E-state index is 13.4. The molecule has 326 valence electrons. The molecule has 2 aromatic carbocycles. The summed E-state index contributed by atoms with van der Waals surface area (Å²) in [6.45, 7) is 31.7. The first kappa shape index (κ1) is 54.5. The number of hydrogen-bond acceptors (Lipinski definition) is 0. The first-order chi connectivity index (χ1) is 26.5. The molecule has 6 atom stereocenters. The second-order valence-corrected chi connectivity index (χ2v) is 23.6. The summed E-state index contributed by atoms with van der Waals surface area (Å²) in [4.78, 5) is 0. The molecule has 0 amide bonds. The third-order valence-corrected chi connectivity index (χ3v) is 19.0. The summed E-state index contributed by atoms with van der Waals surface area (Å²) in [6, 6.07) is 4.22. The van der Waals surface area contributed by atoms with Crippen molar-refractivity contribution in [1.82, 2.24) is 0 Å². The molecular weight excluding hydrogens is 732 g/mol. The fourth-order valence-electron chi connectivity index (χ4n) is 9.83. The lowest BCUT2D eigenvalue weighted by atomic mass is 10.0. The van der Waals surface area contributed by atoms with Crippen LogP contribution in [0.4, 0.5) is 26.3 Å². The number of benzene rings is 2. The highest BCUT2D eigenvalue weighted by molar-refractivity contribution is 6.80. The van der Waals surface area contributed by atoms with Gasteiger partial charge in [-0.25, -0.2) is 26.3 Å². The van der Waals surface area contributed by atoms with E-state index in [1.165, 1.54) is 102 Å². The van der Waals surface area contributed by atoms with Crippen LogP contribution in [0.3, 0.4) is 0 Å². The Labute approximate surface area is 343 Å². The molecule has 0 bridgehead atoms. The van der Waals surface area contributed by atoms with Gasteiger partial charge in [0.05, 0.1) is 18.7 Å². The minimum absolute atomic E-state index is 0.690. The number of rotatable bonds is 25. The van der Waals surface area contributed by atoms with Gasteiger partial charge in [0, 0.05) is 17.4 Å². The van der Waals surface area contributed by atoms with E-state index in [1.54, 1.807) is 21.1 Å². The molecule has 2 N–H and O–H groups in total. The minimum atomic E-state index is -2.27. The Balaban J connectivity index is 0.000000854. The van der Waals surface area contributed by atoms with E-state index in [1.807, 2.05) is 0 Å². The quantitative estimate of drug-likeness (QED) is 0.0445. The molecule has 0 saturated heterocycles. The molecule has 0 aliphatic carbocycles. The third kappa shape index (κ3) is 21.0. The standard InChI is InChI=1S/C12H4F6.C12H27N.4C6H13.Al/c13-6-4-2-1-3-5(6)7-8(14)10(16)12(18)11(17)9(7)15;1-5-7-11(3)9-13-10-12(4)8-6-2;4*1-4-5-6(2)3;/h1-4H;11-13H,5-10H2,1-4H3;4*6H,2,4-5H2,1,3H3;/q;;;;;;-1/p+1. The third-order valence-electron chi connectivity index (χ3n) is 11.8. The van der Waals surface area contributed by atoms with Gasteiger partial charge in [0.1, 0.15) is 18.9 Å². The van der Waals surface area contributed by atoms with Crippen molar-refractivity contribution in [3.05, 3.63) is 59.2 Å². The zero-order valence-electron chi connectivity index (χ0n) is 37.9. The molecule has 0 saturated carbocycles. The second-order valence-electron chi connectivity index (χ2n) is 18.2. The van der Waals surface area contributed by atoms with Gasteiger partial charge in [0.25, 0.3) is 0 Å². The first-order valence-corrected chi connectivity index (χ1v) is 26.0. The summed E-state index contributed by atoms with van der Waals surface area (Å²) >= 11 is -1.55. The van der Waals surface area contributed by atoms with Gasteiger partial charge in [-0.1, -0.05) is 189 Å². The average Bonchev–Trinajstić information content (AvgIpc) is 3.12. The van der Waals surface area contributed by atoms with E-state index in [4.69, 9.17) is 0 Å². The SMILES string of the molecule is CCCC(C)C[NH2+]CC(C)CCC.CCCC(C)[CH2][Al-]([CH2]C(C)CCC)([CH2]C(C)CCC)[CH2]C(C)CCC.Fc1ccccc1-c1c(F)c(F)c(F)c(F)c1F. The molecule has 0 fully saturated rings. The number of nitrogens with two attached hydrogens (primary N) is 1. The molecular formula is C48H84AlF6N. The van der Waals surface area contributed by atoms with Crippen molar-refractivity contribution in [3.8, 4) is 11.1 Å². The summed E-state index contributed by atoms with van der Waals surface area (Å²) in [5.41, 5.74) is -1.96. The van der Waals surface area contributed by atoms with Crippen LogP contribution in [0.25, 0.3) is 11.1 Å². The van der Waals surface area contributed by atoms with Gasteiger partial charge in [-0.05, 0) is 18.9 Å². The molecule has 0 aromatic heterocycles. The topological polar surface area (TPSA) is 16.6 Å². The Bertz CT molecular complexity index is 1200. The molecule has 0 heterocycles. The van der Waals surface area contributed by atoms with Crippen molar-refractivity contribution in [2.75, 3.05) is 13.1 Å². The number of hydrogen-bond donors (Lipinski definition) is 1. The van der Waals surface area contributed by atoms with Crippen LogP contribution in [0.5, 0.6) is 0 Å². The first-order valence-electron chi connectivity index (χ1n) is 22.8. The van der Waals surface area contributed by atoms with Gasteiger partial charge in [-0.15, -0.1) is 0 Å². The highest BCUT2D eigenvalue weighted by Crippen LogP contribution is 2.41. The molecule has 2 aromatic rings. The average molecular weight is 816 g/mol. The van der Waals surface area contributed by atoms with Gasteiger partial charge < -0.3 is 5.32 Å². The highest BCUT2D eigenvalue weighted by atomic mass is 27.2. The van der Waals surface area contributed by atoms with E-state index in [-0.39, 0.29) is 0 Å². The van der Waals surface area contributed by atoms with Crippen LogP contribution < -0.4 is 5.32 Å². The van der Waals surface area contributed by atoms with Gasteiger partial charge in [0.15, 0.2) is 23.3 Å². The van der Waals surface area contributed by atoms with E-state index in [9.17, 15) is 26.3 Å². The number of halogens is 6. The van der Waals surface area contributed by atoms with Crippen molar-refractivity contribution < 1.29 is 31.7 Å². The lowest BCUT2D eigenvalue weighted by Crippen LogP contribution is -2.86. The fraction of sp³-hybridized carbons (Fsp3) is 0.750. The summed E-state index contributed by atoms with van der Waals surface area (Å²) < 4.78 is 78.8. The zero-order chi connectivity index (χ0) is 42.8. The molecule has 0 aliphatic heterocycles. The highest BCUT2D eigenvalue weighted by Gasteiger charge is 2.34. The van der Waals surface area contributed by atoms with Crippen LogP contribution in [0, 0.1) is 70.4 Å². The molecule has 0 spiro atoms. The largest absolute Gasteiger partial charge is 0.346 e. The minimum Gasteiger partial charge on any atom is -0.346 e. The van der Waals surface area contributed by atoms with Crippen LogP contribution in [-0.4, -0.2) is 26.2 Å². The monoisotopic (exact) mass is 816 g/mol. The van der Waals surface area contributed by atoms with Gasteiger partial charge in [-0.2, -0.15) is 21.1 Å². The van der Waals surface area contributed by atoms with Crippen LogP contribution in [0.15, 0.2) is 24.3 Å². The lowest BCUT2D eigenvalue weighted by molar-refractivity contribution is -0.665. The Kier molecular flexibility index (Phi) is 29.7. The van der Waals surface area contributed by atoms with Crippen molar-refractivity contribution in [2.45, 2.75) is 181 Å². The van der Waals surface area contributed by atoms with Crippen molar-refractivity contribution in [2.24, 2.45) is 35.5 Å². The maximum Gasteiger partial charge on any atom is 0.200 e. The number of quaternary nitrogens is 1. The van der Waals surface area contributed by atoms with Gasteiger partial charge in [0.2, 0.25) is 5.82 Å². The van der Waals surface area contributed by atoms with Crippen molar-refractivity contribution >= 4 is 13.1 Å². The zero-order valence-corrected chi connectivity index (χ0v) is 39.1. The van der Waals surface area contributed by atoms with Gasteiger partial charge in [-0.3, -0.25) is 0 Å². The Morgan fingerprint density at radius 1 is 0.429 bits per heavy atom. The molecule has 56 heavy (non-hydrogen) atoms. The van der Waals surface area contributed by atoms with E-state index >= 15 is 0 Å². The normalized spacial score (nSPS) is 15.7. The summed E-state index contributed by atoms with van der Waals surface area (Å²) in [7, 11) is 0. The van der Waals surface area contributed by atoms with Crippen LogP contribution in [0.1, 0.15) is 160 Å². The predicted octanol–water partition coefficient (Wildman–Crippen LogP) is 15.8. The Hall–Kier alpha value is -1.49. The van der Waals surface area contributed by atoms with Crippen LogP contribution >= 0.6 is 0 Å². The van der Waals surface area contributed by atoms with E-state index in [0.29, 0.717) is 0 Å². The second kappa shape index (κ2) is 30.5. The van der Waals surface area contributed by atoms with E-state index in [2.05, 4.69) is 88.4 Å². The molecule has 2 rings (SSSR count). The Morgan fingerprint density at radius 3 is 1.02 bits per heavy atom. The van der Waals surface area contributed by atoms with E-state index in [0.717, 1.165) is 47.6 Å². The summed E-state index contributed by atoms with van der Waals surface area (Å²) in [6.07, 6.45) is 16.7. The molecule has 0 radical (unpaired) electrons. The fourth-order valence-corrected chi connectivity index (χ4v) is 18.8. The molecule has 6 unspecified atom stereocenters. The van der Waals surface area contributed by atoms with Crippen molar-refractivity contribution in [3.63, 3.8) is 0 Å².